The predicted octanol–water partition coefficient (Wildman–Crippen LogP) is 2.81. The highest BCUT2D eigenvalue weighted by atomic mass is 16.5. The van der Waals surface area contributed by atoms with Crippen LogP contribution in [0.1, 0.15) is 5.56 Å². The van der Waals surface area contributed by atoms with Crippen LogP contribution >= 0.6 is 0 Å². The average molecular weight is 349 g/mol. The third-order valence-electron chi connectivity index (χ3n) is 4.43. The summed E-state index contributed by atoms with van der Waals surface area (Å²) in [6.45, 7) is 0.665. The van der Waals surface area contributed by atoms with Crippen molar-refractivity contribution in [1.29, 1.82) is 0 Å². The van der Waals surface area contributed by atoms with Crippen LogP contribution in [-0.2, 0) is 6.54 Å². The largest absolute Gasteiger partial charge is 0.497 e. The van der Waals surface area contributed by atoms with Gasteiger partial charge in [-0.3, -0.25) is 0 Å². The fourth-order valence-electron chi connectivity index (χ4n) is 3.20. The Morgan fingerprint density at radius 1 is 0.923 bits per heavy atom. The number of hydrogen-bond acceptors (Lipinski definition) is 6. The van der Waals surface area contributed by atoms with Crippen molar-refractivity contribution in [1.82, 2.24) is 14.5 Å². The maximum atomic E-state index is 5.98. The minimum atomic E-state index is 0.174. The highest BCUT2D eigenvalue weighted by molar-refractivity contribution is 6.07. The number of ether oxygens (including phenoxy) is 2. The van der Waals surface area contributed by atoms with Crippen molar-refractivity contribution >= 4 is 33.6 Å². The van der Waals surface area contributed by atoms with E-state index in [0.29, 0.717) is 12.4 Å². The summed E-state index contributed by atoms with van der Waals surface area (Å²) in [4.78, 5) is 8.40. The molecule has 0 spiro atoms. The molecule has 0 unspecified atom stereocenters. The molecule has 0 fully saturated rings. The van der Waals surface area contributed by atoms with E-state index in [4.69, 9.17) is 20.9 Å². The molecule has 0 aliphatic carbocycles. The maximum absolute atomic E-state index is 5.98. The van der Waals surface area contributed by atoms with Crippen molar-refractivity contribution < 1.29 is 9.47 Å². The molecule has 0 atom stereocenters. The van der Waals surface area contributed by atoms with Gasteiger partial charge in [0.15, 0.2) is 0 Å². The van der Waals surface area contributed by atoms with Crippen LogP contribution in [0.3, 0.4) is 0 Å². The van der Waals surface area contributed by atoms with Crippen LogP contribution < -0.4 is 20.9 Å². The summed E-state index contributed by atoms with van der Waals surface area (Å²) in [5, 5.41) is 1.78. The van der Waals surface area contributed by atoms with Gasteiger partial charge in [0.05, 0.1) is 25.3 Å². The molecule has 26 heavy (non-hydrogen) atoms. The molecule has 0 saturated heterocycles. The van der Waals surface area contributed by atoms with Gasteiger partial charge >= 0.3 is 0 Å². The standard InChI is InChI=1S/C19H19N5O2/c1-25-12-7-11(8-13(9-12)26-2)10-24-6-5-14-16(24)4-3-15-17(14)22-19(21)23-18(15)20/h3-9H,10H2,1-2H3,(H4,20,21,22,23). The smallest absolute Gasteiger partial charge is 0.222 e. The zero-order valence-electron chi connectivity index (χ0n) is 14.6. The quantitative estimate of drug-likeness (QED) is 0.587. The van der Waals surface area contributed by atoms with Crippen LogP contribution in [0, 0.1) is 0 Å². The van der Waals surface area contributed by atoms with Crippen LogP contribution in [0.2, 0.25) is 0 Å². The Morgan fingerprint density at radius 2 is 1.65 bits per heavy atom. The van der Waals surface area contributed by atoms with Gasteiger partial charge in [0, 0.05) is 29.6 Å². The van der Waals surface area contributed by atoms with E-state index in [2.05, 4.69) is 14.5 Å². The molecule has 132 valence electrons. The summed E-state index contributed by atoms with van der Waals surface area (Å²) in [5.74, 6) is 2.08. The number of benzene rings is 2. The number of methoxy groups -OCH3 is 2. The van der Waals surface area contributed by atoms with Crippen LogP contribution in [0.25, 0.3) is 21.8 Å². The molecule has 0 saturated carbocycles. The number of nitrogens with zero attached hydrogens (tertiary/aromatic N) is 3. The van der Waals surface area contributed by atoms with Gasteiger partial charge in [0.1, 0.15) is 17.3 Å². The minimum Gasteiger partial charge on any atom is -0.497 e. The van der Waals surface area contributed by atoms with Crippen LogP contribution in [-0.4, -0.2) is 28.8 Å². The van der Waals surface area contributed by atoms with Crippen molar-refractivity contribution in [3.05, 3.63) is 48.2 Å². The first-order chi connectivity index (χ1) is 12.6. The summed E-state index contributed by atoms with van der Waals surface area (Å²) < 4.78 is 12.8. The third kappa shape index (κ3) is 2.63. The Balaban J connectivity index is 1.82. The fraction of sp³-hybridized carbons (Fsp3) is 0.158. The van der Waals surface area contributed by atoms with Gasteiger partial charge in [0.2, 0.25) is 5.95 Å². The summed E-state index contributed by atoms with van der Waals surface area (Å²) in [6.07, 6.45) is 2.02. The summed E-state index contributed by atoms with van der Waals surface area (Å²) in [5.41, 5.74) is 14.6. The minimum absolute atomic E-state index is 0.174. The van der Waals surface area contributed by atoms with Crippen LogP contribution in [0.5, 0.6) is 11.5 Å². The number of rotatable bonds is 4. The van der Waals surface area contributed by atoms with E-state index in [1.54, 1.807) is 14.2 Å². The maximum Gasteiger partial charge on any atom is 0.222 e. The normalized spacial score (nSPS) is 11.2. The fourth-order valence-corrected chi connectivity index (χ4v) is 3.20. The van der Waals surface area contributed by atoms with E-state index in [1.807, 2.05) is 42.6 Å². The zero-order chi connectivity index (χ0) is 18.3. The van der Waals surface area contributed by atoms with Gasteiger partial charge in [0.25, 0.3) is 0 Å². The van der Waals surface area contributed by atoms with E-state index >= 15 is 0 Å². The molecule has 7 heteroatoms. The Labute approximate surface area is 150 Å². The van der Waals surface area contributed by atoms with Crippen LogP contribution in [0.4, 0.5) is 11.8 Å². The van der Waals surface area contributed by atoms with Gasteiger partial charge < -0.3 is 25.5 Å². The first-order valence-corrected chi connectivity index (χ1v) is 8.11. The highest BCUT2D eigenvalue weighted by Gasteiger charge is 2.11. The topological polar surface area (TPSA) is 101 Å². The molecule has 0 aliphatic heterocycles. The highest BCUT2D eigenvalue weighted by Crippen LogP contribution is 2.29. The molecule has 4 N–H and O–H groups in total. The third-order valence-corrected chi connectivity index (χ3v) is 4.43. The molecular weight excluding hydrogens is 330 g/mol. The second-order valence-corrected chi connectivity index (χ2v) is 6.03. The van der Waals surface area contributed by atoms with Crippen molar-refractivity contribution in [3.63, 3.8) is 0 Å². The second kappa shape index (κ2) is 6.11. The van der Waals surface area contributed by atoms with Crippen molar-refractivity contribution in [3.8, 4) is 11.5 Å². The molecule has 2 aromatic heterocycles. The number of fused-ring (bicyclic) bond motifs is 3. The lowest BCUT2D eigenvalue weighted by Gasteiger charge is -2.11. The van der Waals surface area contributed by atoms with Gasteiger partial charge in [-0.2, -0.15) is 4.98 Å². The van der Waals surface area contributed by atoms with Gasteiger partial charge in [-0.1, -0.05) is 0 Å². The molecule has 4 rings (SSSR count). The number of hydrogen-bond donors (Lipinski definition) is 2. The second-order valence-electron chi connectivity index (χ2n) is 6.03. The molecule has 0 aliphatic rings. The zero-order valence-corrected chi connectivity index (χ0v) is 14.6. The van der Waals surface area contributed by atoms with Crippen molar-refractivity contribution in [2.24, 2.45) is 0 Å². The SMILES string of the molecule is COc1cc(Cn2ccc3c4nc(N)nc(N)c4ccc32)cc(OC)c1. The van der Waals surface area contributed by atoms with E-state index in [0.717, 1.165) is 38.9 Å². The van der Waals surface area contributed by atoms with E-state index < -0.39 is 0 Å². The molecule has 0 amide bonds. The van der Waals surface area contributed by atoms with Crippen LogP contribution in [0.15, 0.2) is 42.6 Å². The summed E-state index contributed by atoms with van der Waals surface area (Å²) in [7, 11) is 3.29. The predicted molar refractivity (Wildman–Crippen MR) is 103 cm³/mol. The van der Waals surface area contributed by atoms with E-state index in [9.17, 15) is 0 Å². The molecule has 7 nitrogen and oxygen atoms in total. The molecule has 2 heterocycles. The lowest BCUT2D eigenvalue weighted by Crippen LogP contribution is -2.02. The first kappa shape index (κ1) is 16.0. The van der Waals surface area contributed by atoms with Gasteiger partial charge in [-0.25, -0.2) is 4.98 Å². The molecular formula is C19H19N5O2. The number of aromatic nitrogens is 3. The Kier molecular flexibility index (Phi) is 3.76. The first-order valence-electron chi connectivity index (χ1n) is 8.11. The number of nitrogen functional groups attached to an aromatic ring is 2. The summed E-state index contributed by atoms with van der Waals surface area (Å²) >= 11 is 0. The van der Waals surface area contributed by atoms with Crippen molar-refractivity contribution in [2.45, 2.75) is 6.54 Å². The molecule has 2 aromatic carbocycles. The lowest BCUT2D eigenvalue weighted by atomic mass is 10.1. The monoisotopic (exact) mass is 349 g/mol. The lowest BCUT2D eigenvalue weighted by molar-refractivity contribution is 0.393. The Morgan fingerprint density at radius 3 is 2.35 bits per heavy atom. The van der Waals surface area contributed by atoms with E-state index in [-0.39, 0.29) is 5.95 Å². The van der Waals surface area contributed by atoms with Crippen molar-refractivity contribution in [2.75, 3.05) is 25.7 Å². The molecule has 0 radical (unpaired) electrons. The Hall–Kier alpha value is -3.48. The molecule has 0 bridgehead atoms. The van der Waals surface area contributed by atoms with E-state index in [1.165, 1.54) is 0 Å². The number of nitrogens with two attached hydrogens (primary N) is 2. The molecule has 4 aromatic rings. The summed E-state index contributed by atoms with van der Waals surface area (Å²) in [6, 6.07) is 11.8. The number of anilines is 2. The average Bonchev–Trinajstić information content (AvgIpc) is 3.04. The Bertz CT molecular complexity index is 1100. The van der Waals surface area contributed by atoms with Gasteiger partial charge in [-0.05, 0) is 35.9 Å². The van der Waals surface area contributed by atoms with Gasteiger partial charge in [-0.15, -0.1) is 0 Å².